The molecule has 2 N–H and O–H groups in total. The Balaban J connectivity index is 1.76. The van der Waals surface area contributed by atoms with E-state index in [1.807, 2.05) is 32.9 Å². The minimum atomic E-state index is -0.679. The maximum Gasteiger partial charge on any atom is 0.314 e. The number of hydrogen-bond donors (Lipinski definition) is 2. The van der Waals surface area contributed by atoms with Crippen molar-refractivity contribution >= 4 is 29.4 Å². The molecule has 8 heteroatoms. The average molecular weight is 403 g/mol. The second-order valence-electron chi connectivity index (χ2n) is 6.73. The Hall–Kier alpha value is -2.32. The molecule has 1 aliphatic rings. The van der Waals surface area contributed by atoms with E-state index >= 15 is 0 Å². The highest BCUT2D eigenvalue weighted by Gasteiger charge is 2.26. The van der Waals surface area contributed by atoms with Crippen LogP contribution >= 0.6 is 11.8 Å². The van der Waals surface area contributed by atoms with Crippen LogP contribution in [-0.4, -0.2) is 41.4 Å². The summed E-state index contributed by atoms with van der Waals surface area (Å²) >= 11 is 1.75. The molecule has 0 atom stereocenters. The van der Waals surface area contributed by atoms with Crippen LogP contribution in [-0.2, 0) is 25.8 Å². The number of carbonyl (C=O) groups is 2. The first-order valence-electron chi connectivity index (χ1n) is 9.44. The highest BCUT2D eigenvalue weighted by molar-refractivity contribution is 7.98. The van der Waals surface area contributed by atoms with E-state index in [1.165, 1.54) is 0 Å². The maximum absolute atomic E-state index is 12.5. The van der Waals surface area contributed by atoms with Crippen LogP contribution in [0, 0.1) is 13.8 Å². The van der Waals surface area contributed by atoms with Gasteiger partial charge in [-0.2, -0.15) is 16.9 Å². The summed E-state index contributed by atoms with van der Waals surface area (Å²) in [7, 11) is 0. The molecule has 1 aliphatic heterocycles. The molecule has 3 rings (SSSR count). The fraction of sp³-hybridized carbons (Fsp3) is 0.450. The van der Waals surface area contributed by atoms with E-state index in [2.05, 4.69) is 16.7 Å². The molecule has 0 saturated heterocycles. The summed E-state index contributed by atoms with van der Waals surface area (Å²) in [6.07, 6.45) is 0.666. The predicted octanol–water partition coefficient (Wildman–Crippen LogP) is 2.72. The summed E-state index contributed by atoms with van der Waals surface area (Å²) in [6.45, 7) is 7.57. The number of nitrogens with one attached hydrogen (secondary N) is 2. The van der Waals surface area contributed by atoms with Gasteiger partial charge in [-0.3, -0.25) is 9.59 Å². The lowest BCUT2D eigenvalue weighted by Gasteiger charge is -2.13. The van der Waals surface area contributed by atoms with Crippen molar-refractivity contribution in [2.24, 2.45) is 0 Å². The summed E-state index contributed by atoms with van der Waals surface area (Å²) in [5.74, 6) is 0.832. The van der Waals surface area contributed by atoms with Crippen LogP contribution in [0.3, 0.4) is 0 Å². The van der Waals surface area contributed by atoms with Gasteiger partial charge in [-0.05, 0) is 38.8 Å². The van der Waals surface area contributed by atoms with Gasteiger partial charge in [0, 0.05) is 36.8 Å². The van der Waals surface area contributed by atoms with E-state index in [-0.39, 0.29) is 0 Å². The van der Waals surface area contributed by atoms with Crippen molar-refractivity contribution in [2.45, 2.75) is 38.7 Å². The Labute approximate surface area is 169 Å². The number of amides is 2. The number of ether oxygens (including phenoxy) is 1. The smallest absolute Gasteiger partial charge is 0.314 e. The summed E-state index contributed by atoms with van der Waals surface area (Å²) in [5, 5.41) is 10.1. The number of thioether (sulfide) groups is 1. The second-order valence-corrected chi connectivity index (χ2v) is 7.71. The number of rotatable bonds is 7. The minimum absolute atomic E-state index is 0.399. The van der Waals surface area contributed by atoms with E-state index in [1.54, 1.807) is 16.4 Å². The van der Waals surface area contributed by atoms with Gasteiger partial charge < -0.3 is 15.4 Å². The van der Waals surface area contributed by atoms with E-state index in [9.17, 15) is 9.59 Å². The van der Waals surface area contributed by atoms with Crippen LogP contribution in [0.4, 0.5) is 5.82 Å². The van der Waals surface area contributed by atoms with Crippen LogP contribution in [0.15, 0.2) is 18.2 Å². The molecule has 2 heterocycles. The van der Waals surface area contributed by atoms with E-state index in [4.69, 9.17) is 9.84 Å². The van der Waals surface area contributed by atoms with Crippen LogP contribution < -0.4 is 10.6 Å². The van der Waals surface area contributed by atoms with E-state index < -0.39 is 11.8 Å². The number of benzene rings is 1. The van der Waals surface area contributed by atoms with Gasteiger partial charge in [0.25, 0.3) is 0 Å². The zero-order chi connectivity index (χ0) is 20.1. The lowest BCUT2D eigenvalue weighted by molar-refractivity contribution is -0.136. The minimum Gasteiger partial charge on any atom is -0.382 e. The summed E-state index contributed by atoms with van der Waals surface area (Å²) in [5.41, 5.74) is 5.07. The maximum atomic E-state index is 12.5. The van der Waals surface area contributed by atoms with Crippen LogP contribution in [0.5, 0.6) is 0 Å². The number of nitrogens with zero attached hydrogens (tertiary/aromatic N) is 2. The molecule has 1 aromatic heterocycles. The zero-order valence-corrected chi connectivity index (χ0v) is 17.3. The first-order valence-corrected chi connectivity index (χ1v) is 10.6. The third kappa shape index (κ3) is 4.56. The first kappa shape index (κ1) is 20.4. The molecule has 0 spiro atoms. The fourth-order valence-corrected chi connectivity index (χ4v) is 4.16. The molecule has 0 radical (unpaired) electrons. The third-order valence-electron chi connectivity index (χ3n) is 4.53. The lowest BCUT2D eigenvalue weighted by Crippen LogP contribution is -2.36. The fourth-order valence-electron chi connectivity index (χ4n) is 3.12. The van der Waals surface area contributed by atoms with Gasteiger partial charge in [0.15, 0.2) is 0 Å². The molecule has 150 valence electrons. The Morgan fingerprint density at radius 1 is 1.25 bits per heavy atom. The molecular formula is C20H26N4O3S. The molecule has 0 fully saturated rings. The van der Waals surface area contributed by atoms with Gasteiger partial charge in [0.1, 0.15) is 5.82 Å². The number of anilines is 1. The predicted molar refractivity (Wildman–Crippen MR) is 111 cm³/mol. The molecule has 0 saturated carbocycles. The van der Waals surface area contributed by atoms with Gasteiger partial charge in [0.05, 0.1) is 11.4 Å². The Morgan fingerprint density at radius 3 is 2.82 bits per heavy atom. The van der Waals surface area contributed by atoms with Crippen molar-refractivity contribution in [1.29, 1.82) is 0 Å². The van der Waals surface area contributed by atoms with E-state index in [0.29, 0.717) is 32.0 Å². The van der Waals surface area contributed by atoms with Gasteiger partial charge in [-0.15, -0.1) is 0 Å². The highest BCUT2D eigenvalue weighted by atomic mass is 32.2. The molecule has 7 nitrogen and oxygen atoms in total. The SMILES string of the molecule is CCOCCCNC(=O)C(=O)Nc1c2c(nn1-c1ccc(C)cc1C)CSC2. The number of carbonyl (C=O) groups excluding carboxylic acids is 2. The van der Waals surface area contributed by atoms with Crippen molar-refractivity contribution in [3.05, 3.63) is 40.6 Å². The average Bonchev–Trinajstić information content (AvgIpc) is 3.24. The largest absolute Gasteiger partial charge is 0.382 e. The number of aryl methyl sites for hydroxylation is 2. The van der Waals surface area contributed by atoms with Gasteiger partial charge in [-0.1, -0.05) is 17.7 Å². The summed E-state index contributed by atoms with van der Waals surface area (Å²) in [6, 6.07) is 6.08. The number of hydrogen-bond acceptors (Lipinski definition) is 5. The van der Waals surface area contributed by atoms with Crippen LogP contribution in [0.1, 0.15) is 35.7 Å². The molecule has 0 unspecified atom stereocenters. The van der Waals surface area contributed by atoms with Crippen molar-refractivity contribution in [3.63, 3.8) is 0 Å². The van der Waals surface area contributed by atoms with Gasteiger partial charge in [-0.25, -0.2) is 4.68 Å². The van der Waals surface area contributed by atoms with Gasteiger partial charge in [0.2, 0.25) is 0 Å². The van der Waals surface area contributed by atoms with Crippen molar-refractivity contribution < 1.29 is 14.3 Å². The van der Waals surface area contributed by atoms with Crippen molar-refractivity contribution in [2.75, 3.05) is 25.1 Å². The van der Waals surface area contributed by atoms with Crippen molar-refractivity contribution in [1.82, 2.24) is 15.1 Å². The molecular weight excluding hydrogens is 376 g/mol. The van der Waals surface area contributed by atoms with E-state index in [0.717, 1.165) is 39.6 Å². The Bertz CT molecular complexity index is 879. The van der Waals surface area contributed by atoms with Crippen LogP contribution in [0.25, 0.3) is 5.69 Å². The normalized spacial score (nSPS) is 12.7. The third-order valence-corrected chi connectivity index (χ3v) is 5.50. The summed E-state index contributed by atoms with van der Waals surface area (Å²) in [4.78, 5) is 24.6. The molecule has 1 aromatic carbocycles. The first-order chi connectivity index (χ1) is 13.5. The number of fused-ring (bicyclic) bond motifs is 1. The topological polar surface area (TPSA) is 85.2 Å². The molecule has 0 aliphatic carbocycles. The zero-order valence-electron chi connectivity index (χ0n) is 16.5. The second kappa shape index (κ2) is 9.25. The molecule has 2 amide bonds. The van der Waals surface area contributed by atoms with Crippen LogP contribution in [0.2, 0.25) is 0 Å². The summed E-state index contributed by atoms with van der Waals surface area (Å²) < 4.78 is 6.98. The molecule has 2 aromatic rings. The lowest BCUT2D eigenvalue weighted by atomic mass is 10.1. The standard InChI is InChI=1S/C20H26N4O3S/c1-4-27-9-5-8-21-19(25)20(26)22-18-15-11-28-12-16(15)23-24(18)17-7-6-13(2)10-14(17)3/h6-7,10H,4-5,8-9,11-12H2,1-3H3,(H,21,25)(H,22,26). The van der Waals surface area contributed by atoms with Crippen molar-refractivity contribution in [3.8, 4) is 5.69 Å². The quantitative estimate of drug-likeness (QED) is 0.549. The highest BCUT2D eigenvalue weighted by Crippen LogP contribution is 2.36. The number of aromatic nitrogens is 2. The monoisotopic (exact) mass is 402 g/mol. The molecule has 0 bridgehead atoms. The van der Waals surface area contributed by atoms with Gasteiger partial charge >= 0.3 is 11.8 Å². The Morgan fingerprint density at radius 2 is 2.07 bits per heavy atom. The Kier molecular flexibility index (Phi) is 6.74. The molecule has 28 heavy (non-hydrogen) atoms.